The molecule has 0 saturated heterocycles. The summed E-state index contributed by atoms with van der Waals surface area (Å²) < 4.78 is 0. The minimum Gasteiger partial charge on any atom is -0.907 e. The smallest absolute Gasteiger partial charge is 0.907 e. The second-order valence-corrected chi connectivity index (χ2v) is 0.289. The van der Waals surface area contributed by atoms with E-state index in [4.69, 9.17) is 15.1 Å². The molecule has 0 atom stereocenters. The van der Waals surface area contributed by atoms with E-state index in [2.05, 4.69) is 0 Å². The van der Waals surface area contributed by atoms with E-state index in [9.17, 15) is 0 Å². The first-order valence-electron chi connectivity index (χ1n) is 0.707. The van der Waals surface area contributed by atoms with Gasteiger partial charge in [-0.25, -0.2) is 0 Å². The average Bonchev–Trinajstić information content (AvgIpc) is 0.811. The van der Waals surface area contributed by atoms with E-state index >= 15 is 0 Å². The van der Waals surface area contributed by atoms with Crippen molar-refractivity contribution >= 4 is 33.5 Å². The average molecular weight is 380 g/mol. The third-order valence-corrected chi connectivity index (χ3v) is 0. The Balaban J connectivity index is -0.0000000450. The summed E-state index contributed by atoms with van der Waals surface area (Å²) in [4.78, 5) is 0. The quantitative estimate of drug-likeness (QED) is 0.399. The summed E-state index contributed by atoms with van der Waals surface area (Å²) in [5.41, 5.74) is 0. The van der Waals surface area contributed by atoms with Crippen LogP contribution in [-0.4, -0.2) is 33.5 Å². The summed E-state index contributed by atoms with van der Waals surface area (Å²) in [5.74, 6) is 0. The first-order valence-corrected chi connectivity index (χ1v) is 0.707. The summed E-state index contributed by atoms with van der Waals surface area (Å²) in [7, 11) is -2.92. The third kappa shape index (κ3) is 42.4. The van der Waals surface area contributed by atoms with Crippen LogP contribution in [0.25, 0.3) is 0 Å². The molecule has 3 nitrogen and oxygen atoms in total. The van der Waals surface area contributed by atoms with Crippen LogP contribution in [0.1, 0.15) is 0 Å². The molecule has 0 heterocycles. The second-order valence-electron chi connectivity index (χ2n) is 0.289. The Hall–Kier alpha value is 1.75. The van der Waals surface area contributed by atoms with Crippen LogP contribution in [0.4, 0.5) is 0 Å². The van der Waals surface area contributed by atoms with Crippen molar-refractivity contribution in [2.45, 2.75) is 0 Å². The van der Waals surface area contributed by atoms with Crippen LogP contribution in [0.2, 0.25) is 0 Å². The second kappa shape index (κ2) is 9.89. The molecule has 0 bridgehead atoms. The van der Waals surface area contributed by atoms with Crippen LogP contribution >= 0.6 is 0 Å². The van der Waals surface area contributed by atoms with Gasteiger partial charge < -0.3 is 15.1 Å². The van der Waals surface area contributed by atoms with Crippen LogP contribution in [0.15, 0.2) is 0 Å². The summed E-state index contributed by atoms with van der Waals surface area (Å²) in [6.07, 6.45) is 0. The predicted octanol–water partition coefficient (Wildman–Crippen LogP) is -4.33. The molecule has 0 N–H and O–H groups in total. The van der Waals surface area contributed by atoms with E-state index in [0.717, 1.165) is 0 Å². The van der Waals surface area contributed by atoms with Gasteiger partial charge in [0, 0.05) is 27.3 Å². The number of rotatable bonds is 0. The molecule has 0 aromatic carbocycles. The summed E-state index contributed by atoms with van der Waals surface area (Å²) in [5, 5.41) is 25.2. The fourth-order valence-electron chi connectivity index (χ4n) is 0. The van der Waals surface area contributed by atoms with E-state index in [1.165, 1.54) is 0 Å². The van der Waals surface area contributed by atoms with Crippen LogP contribution < -0.4 is 15.1 Å². The number of hydrogen-bond acceptors (Lipinski definition) is 3. The normalized spacial score (nSPS) is 4.50. The Kier molecular flexibility index (Phi) is 25.8. The zero-order valence-corrected chi connectivity index (χ0v) is 10.5. The van der Waals surface area contributed by atoms with Crippen molar-refractivity contribution in [1.82, 2.24) is 0 Å². The molecule has 0 aromatic rings. The molecule has 0 aliphatic carbocycles. The summed E-state index contributed by atoms with van der Waals surface area (Å²) >= 11 is 0. The van der Waals surface area contributed by atoms with E-state index < -0.39 is 7.32 Å². The van der Waals surface area contributed by atoms with E-state index in [-0.39, 0.29) is 53.5 Å². The predicted molar refractivity (Wildman–Crippen MR) is 11.5 cm³/mol. The molecule has 0 rings (SSSR count). The van der Waals surface area contributed by atoms with Crippen molar-refractivity contribution < 1.29 is 42.4 Å². The van der Waals surface area contributed by atoms with Crippen LogP contribution in [-0.2, 0) is 27.3 Å². The maximum absolute atomic E-state index is 8.42. The van der Waals surface area contributed by atoms with Crippen molar-refractivity contribution in [3.05, 3.63) is 0 Å². The standard InChI is InChI=1S/BO3.Bi.Cd/c2-1(3)4;;/q-3;+3;. The van der Waals surface area contributed by atoms with Gasteiger partial charge in [-0.2, -0.15) is 0 Å². The number of hydrogen-bond donors (Lipinski definition) is 0. The van der Waals surface area contributed by atoms with Gasteiger partial charge in [-0.3, -0.25) is 7.32 Å². The van der Waals surface area contributed by atoms with Gasteiger partial charge in [0.2, 0.25) is 0 Å². The molecule has 0 aliphatic heterocycles. The monoisotopic (exact) mass is 382 g/mol. The van der Waals surface area contributed by atoms with Crippen molar-refractivity contribution in [3.8, 4) is 0 Å². The Labute approximate surface area is 75.2 Å². The minimum absolute atomic E-state index is 0. The molecule has 6 heteroatoms. The van der Waals surface area contributed by atoms with Gasteiger partial charge in [-0.05, 0) is 0 Å². The van der Waals surface area contributed by atoms with Gasteiger partial charge in [0.25, 0.3) is 0 Å². The molecule has 0 unspecified atom stereocenters. The maximum atomic E-state index is 8.42. The fourth-order valence-corrected chi connectivity index (χ4v) is 0. The Morgan fingerprint density at radius 3 is 1.00 bits per heavy atom. The maximum Gasteiger partial charge on any atom is 3.00 e. The first-order chi connectivity index (χ1) is 1.73. The van der Waals surface area contributed by atoms with Gasteiger partial charge >= 0.3 is 26.2 Å². The minimum atomic E-state index is -2.92. The van der Waals surface area contributed by atoms with Crippen LogP contribution in [0, 0.1) is 0 Å². The summed E-state index contributed by atoms with van der Waals surface area (Å²) in [6.45, 7) is 0. The van der Waals surface area contributed by atoms with Crippen LogP contribution in [0.3, 0.4) is 0 Å². The molecule has 28 valence electrons. The molecule has 6 heavy (non-hydrogen) atoms. The molecule has 2 radical (unpaired) electrons. The van der Waals surface area contributed by atoms with E-state index in [1.807, 2.05) is 0 Å². The van der Waals surface area contributed by atoms with Crippen molar-refractivity contribution in [2.24, 2.45) is 0 Å². The van der Waals surface area contributed by atoms with Gasteiger partial charge in [0.15, 0.2) is 0 Å². The fraction of sp³-hybridized carbons (Fsp3) is 0. The Morgan fingerprint density at radius 1 is 1.00 bits per heavy atom. The first kappa shape index (κ1) is 15.7. The van der Waals surface area contributed by atoms with Gasteiger partial charge in [-0.15, -0.1) is 0 Å². The zero-order chi connectivity index (χ0) is 3.58. The topological polar surface area (TPSA) is 69.2 Å². The molecule has 0 spiro atoms. The Bertz CT molecular complexity index is 15.5. The Morgan fingerprint density at radius 2 is 1.00 bits per heavy atom. The third-order valence-electron chi connectivity index (χ3n) is 0. The molecule has 0 saturated carbocycles. The summed E-state index contributed by atoms with van der Waals surface area (Å²) in [6, 6.07) is 0. The van der Waals surface area contributed by atoms with E-state index in [0.29, 0.717) is 0 Å². The van der Waals surface area contributed by atoms with Gasteiger partial charge in [0.05, 0.1) is 0 Å². The van der Waals surface area contributed by atoms with Crippen molar-refractivity contribution in [2.75, 3.05) is 0 Å². The van der Waals surface area contributed by atoms with Crippen molar-refractivity contribution in [1.29, 1.82) is 0 Å². The zero-order valence-electron chi connectivity index (χ0n) is 2.96. The molecule has 0 amide bonds. The molecule has 0 fully saturated rings. The molecular formula is BBiCdO3. The van der Waals surface area contributed by atoms with Gasteiger partial charge in [-0.1, -0.05) is 0 Å². The molecule has 0 aliphatic rings. The van der Waals surface area contributed by atoms with Gasteiger partial charge in [0.1, 0.15) is 0 Å². The van der Waals surface area contributed by atoms with Crippen LogP contribution in [0.5, 0.6) is 0 Å². The van der Waals surface area contributed by atoms with E-state index in [1.54, 1.807) is 0 Å². The molecule has 0 aromatic heterocycles. The largest absolute Gasteiger partial charge is 3.00 e. The molecular weight excluding hydrogens is 380 g/mol. The SMILES string of the molecule is [Bi+3].[Cd].[O-]B([O-])[O-]. The van der Waals surface area contributed by atoms with Crippen molar-refractivity contribution in [3.63, 3.8) is 0 Å².